The molecule has 2 rings (SSSR count). The van der Waals surface area contributed by atoms with Gasteiger partial charge in [-0.3, -0.25) is 0 Å². The van der Waals surface area contributed by atoms with Gasteiger partial charge in [0.2, 0.25) is 0 Å². The Kier molecular flexibility index (Phi) is 3.04. The number of hydrogen-bond donors (Lipinski definition) is 1. The molecule has 4 heteroatoms. The van der Waals surface area contributed by atoms with Crippen molar-refractivity contribution in [3.05, 3.63) is 22.7 Å². The predicted molar refractivity (Wildman–Crippen MR) is 67.9 cm³/mol. The zero-order valence-electron chi connectivity index (χ0n) is 7.58. The highest BCUT2D eigenvalue weighted by atomic mass is 79.9. The van der Waals surface area contributed by atoms with Crippen LogP contribution in [0.25, 0.3) is 10.1 Å². The molecule has 1 nitrogen and oxygen atoms in total. The highest BCUT2D eigenvalue weighted by Crippen LogP contribution is 2.38. The molecule has 0 spiro atoms. The van der Waals surface area contributed by atoms with E-state index in [2.05, 4.69) is 34.6 Å². The molecule has 1 aromatic carbocycles. The molecule has 0 fully saturated rings. The van der Waals surface area contributed by atoms with Crippen molar-refractivity contribution in [2.24, 2.45) is 0 Å². The van der Waals surface area contributed by atoms with Crippen LogP contribution < -0.4 is 4.74 Å². The van der Waals surface area contributed by atoms with Crippen molar-refractivity contribution in [1.29, 1.82) is 0 Å². The van der Waals surface area contributed by atoms with Gasteiger partial charge in [-0.05, 0) is 35.0 Å². The van der Waals surface area contributed by atoms with Crippen LogP contribution in [0, 0.1) is 0 Å². The summed E-state index contributed by atoms with van der Waals surface area (Å²) in [5.41, 5.74) is 0. The summed E-state index contributed by atoms with van der Waals surface area (Å²) >= 11 is 9.55. The summed E-state index contributed by atoms with van der Waals surface area (Å²) in [6, 6.07) is 6.12. The van der Waals surface area contributed by atoms with Gasteiger partial charge in [0.1, 0.15) is 0 Å². The topological polar surface area (TPSA) is 9.23 Å². The van der Waals surface area contributed by atoms with Crippen LogP contribution in [-0.4, -0.2) is 6.61 Å². The maximum Gasteiger partial charge on any atom is 0.174 e. The van der Waals surface area contributed by atoms with Gasteiger partial charge in [0.25, 0.3) is 0 Å². The van der Waals surface area contributed by atoms with E-state index in [9.17, 15) is 0 Å². The molecule has 1 aromatic heterocycles. The van der Waals surface area contributed by atoms with Crippen molar-refractivity contribution >= 4 is 50.0 Å². The molecule has 0 N–H and O–H groups in total. The molecule has 0 aliphatic heterocycles. The first-order valence-electron chi connectivity index (χ1n) is 4.26. The van der Waals surface area contributed by atoms with Gasteiger partial charge in [0.15, 0.2) is 5.06 Å². The van der Waals surface area contributed by atoms with Crippen LogP contribution in [0.2, 0.25) is 0 Å². The molecule has 0 saturated heterocycles. The zero-order valence-corrected chi connectivity index (χ0v) is 10.9. The lowest BCUT2D eigenvalue weighted by atomic mass is 10.3. The minimum Gasteiger partial charge on any atom is -0.484 e. The van der Waals surface area contributed by atoms with Crippen molar-refractivity contribution in [3.8, 4) is 5.06 Å². The third-order valence-electron chi connectivity index (χ3n) is 1.89. The zero-order chi connectivity index (χ0) is 10.1. The fourth-order valence-corrected chi connectivity index (χ4v) is 2.92. The lowest BCUT2D eigenvalue weighted by Crippen LogP contribution is -1.86. The van der Waals surface area contributed by atoms with Gasteiger partial charge in [0, 0.05) is 25.5 Å². The molecule has 0 aliphatic carbocycles. The Hall–Kier alpha value is -0.190. The quantitative estimate of drug-likeness (QED) is 0.809. The number of thiol groups is 1. The second kappa shape index (κ2) is 4.13. The standard InChI is InChI=1S/C10H9BrOS2/c1-2-12-9-5-6-8(14-9)4-3-7(11)10(6)13/h3-5,13H,2H2,1H3. The molecule has 0 bridgehead atoms. The van der Waals surface area contributed by atoms with Crippen LogP contribution >= 0.6 is 39.9 Å². The molecule has 0 radical (unpaired) electrons. The van der Waals surface area contributed by atoms with Crippen LogP contribution in [0.3, 0.4) is 0 Å². The van der Waals surface area contributed by atoms with Crippen LogP contribution in [-0.2, 0) is 0 Å². The first kappa shape index (κ1) is 10.3. The second-order valence-corrected chi connectivity index (χ2v) is 5.15. The second-order valence-electron chi connectivity index (χ2n) is 2.81. The van der Waals surface area contributed by atoms with E-state index < -0.39 is 0 Å². The van der Waals surface area contributed by atoms with Crippen molar-refractivity contribution in [3.63, 3.8) is 0 Å². The molecule has 0 aliphatic rings. The van der Waals surface area contributed by atoms with E-state index in [1.807, 2.05) is 19.1 Å². The summed E-state index contributed by atoms with van der Waals surface area (Å²) in [5.74, 6) is 0. The average molecular weight is 289 g/mol. The molecular weight excluding hydrogens is 280 g/mol. The van der Waals surface area contributed by atoms with E-state index >= 15 is 0 Å². The fraction of sp³-hybridized carbons (Fsp3) is 0.200. The largest absolute Gasteiger partial charge is 0.484 e. The van der Waals surface area contributed by atoms with E-state index in [0.717, 1.165) is 19.8 Å². The van der Waals surface area contributed by atoms with Gasteiger partial charge in [-0.25, -0.2) is 0 Å². The lowest BCUT2D eigenvalue weighted by molar-refractivity contribution is 0.350. The Labute approximate surface area is 101 Å². The average Bonchev–Trinajstić information content (AvgIpc) is 2.56. The first-order chi connectivity index (χ1) is 6.72. The maximum atomic E-state index is 5.45. The lowest BCUT2D eigenvalue weighted by Gasteiger charge is -1.96. The normalized spacial score (nSPS) is 10.8. The van der Waals surface area contributed by atoms with E-state index in [-0.39, 0.29) is 0 Å². The van der Waals surface area contributed by atoms with E-state index in [4.69, 9.17) is 4.74 Å². The fourth-order valence-electron chi connectivity index (χ4n) is 1.26. The molecule has 74 valence electrons. The number of ether oxygens (including phenoxy) is 1. The molecular formula is C10H9BrOS2. The Morgan fingerprint density at radius 1 is 1.50 bits per heavy atom. The van der Waals surface area contributed by atoms with Crippen LogP contribution in [0.5, 0.6) is 5.06 Å². The van der Waals surface area contributed by atoms with E-state index in [1.165, 1.54) is 4.70 Å². The smallest absolute Gasteiger partial charge is 0.174 e. The Balaban J connectivity index is 2.59. The number of hydrogen-bond acceptors (Lipinski definition) is 3. The van der Waals surface area contributed by atoms with E-state index in [1.54, 1.807) is 11.3 Å². The summed E-state index contributed by atoms with van der Waals surface area (Å²) in [6.07, 6.45) is 0. The third kappa shape index (κ3) is 1.78. The van der Waals surface area contributed by atoms with Gasteiger partial charge in [-0.2, -0.15) is 0 Å². The first-order valence-corrected chi connectivity index (χ1v) is 6.32. The molecule has 2 aromatic rings. The SMILES string of the molecule is CCOc1cc2c(S)c(Br)ccc2s1. The van der Waals surface area contributed by atoms with Crippen LogP contribution in [0.15, 0.2) is 27.6 Å². The Morgan fingerprint density at radius 3 is 3.00 bits per heavy atom. The van der Waals surface area contributed by atoms with Gasteiger partial charge >= 0.3 is 0 Å². The monoisotopic (exact) mass is 288 g/mol. The predicted octanol–water partition coefficient (Wildman–Crippen LogP) is 4.35. The molecule has 14 heavy (non-hydrogen) atoms. The third-order valence-corrected chi connectivity index (χ3v) is 4.35. The maximum absolute atomic E-state index is 5.45. The molecule has 0 atom stereocenters. The van der Waals surface area contributed by atoms with Crippen molar-refractivity contribution in [2.45, 2.75) is 11.8 Å². The molecule has 0 saturated carbocycles. The van der Waals surface area contributed by atoms with Crippen molar-refractivity contribution < 1.29 is 4.74 Å². The Morgan fingerprint density at radius 2 is 2.29 bits per heavy atom. The molecule has 0 unspecified atom stereocenters. The summed E-state index contributed by atoms with van der Waals surface area (Å²) < 4.78 is 7.69. The molecule has 1 heterocycles. The van der Waals surface area contributed by atoms with Crippen LogP contribution in [0.4, 0.5) is 0 Å². The summed E-state index contributed by atoms with van der Waals surface area (Å²) in [7, 11) is 0. The number of halogens is 1. The van der Waals surface area contributed by atoms with Crippen molar-refractivity contribution in [2.75, 3.05) is 6.61 Å². The summed E-state index contributed by atoms with van der Waals surface area (Å²) in [6.45, 7) is 2.69. The highest BCUT2D eigenvalue weighted by molar-refractivity contribution is 9.10. The van der Waals surface area contributed by atoms with Gasteiger partial charge < -0.3 is 4.74 Å². The van der Waals surface area contributed by atoms with E-state index in [0.29, 0.717) is 6.61 Å². The molecule has 0 amide bonds. The summed E-state index contributed by atoms with van der Waals surface area (Å²) in [4.78, 5) is 0.977. The van der Waals surface area contributed by atoms with Gasteiger partial charge in [-0.15, -0.1) is 12.6 Å². The number of thiophene rings is 1. The minimum absolute atomic E-state index is 0.704. The van der Waals surface area contributed by atoms with Gasteiger partial charge in [0.05, 0.1) is 6.61 Å². The number of rotatable bonds is 2. The number of fused-ring (bicyclic) bond motifs is 1. The van der Waals surface area contributed by atoms with Crippen molar-refractivity contribution in [1.82, 2.24) is 0 Å². The number of benzene rings is 1. The summed E-state index contributed by atoms with van der Waals surface area (Å²) in [5, 5.41) is 2.10. The van der Waals surface area contributed by atoms with Crippen LogP contribution in [0.1, 0.15) is 6.92 Å². The highest BCUT2D eigenvalue weighted by Gasteiger charge is 2.07. The minimum atomic E-state index is 0.704. The Bertz CT molecular complexity index is 464. The van der Waals surface area contributed by atoms with Gasteiger partial charge in [-0.1, -0.05) is 11.3 Å².